The van der Waals surface area contributed by atoms with Gasteiger partial charge in [0.1, 0.15) is 11.5 Å². The Morgan fingerprint density at radius 3 is 2.64 bits per heavy atom. The molecule has 0 unspecified atom stereocenters. The van der Waals surface area contributed by atoms with E-state index in [2.05, 4.69) is 5.32 Å². The maximum Gasteiger partial charge on any atom is 0.318 e. The van der Waals surface area contributed by atoms with Gasteiger partial charge in [-0.1, -0.05) is 30.3 Å². The summed E-state index contributed by atoms with van der Waals surface area (Å²) in [6.07, 6.45) is 0. The molecule has 0 atom stereocenters. The molecule has 2 rings (SSSR count). The van der Waals surface area contributed by atoms with Gasteiger partial charge in [0.05, 0.1) is 13.2 Å². The van der Waals surface area contributed by atoms with Crippen LogP contribution in [0.1, 0.15) is 17.1 Å². The van der Waals surface area contributed by atoms with Crippen LogP contribution in [0.3, 0.4) is 0 Å². The molecule has 1 heterocycles. The van der Waals surface area contributed by atoms with E-state index in [4.69, 9.17) is 9.15 Å². The van der Waals surface area contributed by atoms with E-state index in [0.29, 0.717) is 26.2 Å². The van der Waals surface area contributed by atoms with Gasteiger partial charge in [-0.25, -0.2) is 4.79 Å². The number of rotatable bonds is 7. The summed E-state index contributed by atoms with van der Waals surface area (Å²) in [4.78, 5) is 14.0. The topological polar surface area (TPSA) is 54.7 Å². The van der Waals surface area contributed by atoms with Gasteiger partial charge in [0.2, 0.25) is 0 Å². The first kappa shape index (κ1) is 16.1. The zero-order valence-corrected chi connectivity index (χ0v) is 13.0. The standard InChI is InChI=1S/C17H22N2O3/c1-14-8-9-16(22-14)13-19(10-11-21-2)17(20)18-12-15-6-4-3-5-7-15/h3-9H,10-13H2,1-2H3,(H,18,20). The summed E-state index contributed by atoms with van der Waals surface area (Å²) in [6.45, 7) is 3.81. The lowest BCUT2D eigenvalue weighted by molar-refractivity contribution is 0.142. The zero-order valence-electron chi connectivity index (χ0n) is 13.0. The molecular formula is C17H22N2O3. The largest absolute Gasteiger partial charge is 0.464 e. The lowest BCUT2D eigenvalue weighted by atomic mass is 10.2. The van der Waals surface area contributed by atoms with Crippen LogP contribution in [0, 0.1) is 6.92 Å². The summed E-state index contributed by atoms with van der Waals surface area (Å²) in [5.74, 6) is 1.61. The molecule has 0 spiro atoms. The van der Waals surface area contributed by atoms with Crippen LogP contribution in [-0.2, 0) is 17.8 Å². The van der Waals surface area contributed by atoms with E-state index in [0.717, 1.165) is 17.1 Å². The lowest BCUT2D eigenvalue weighted by Gasteiger charge is -2.21. The van der Waals surface area contributed by atoms with E-state index in [1.165, 1.54) is 0 Å². The van der Waals surface area contributed by atoms with E-state index in [-0.39, 0.29) is 6.03 Å². The molecule has 0 saturated carbocycles. The van der Waals surface area contributed by atoms with Gasteiger partial charge in [0.25, 0.3) is 0 Å². The minimum atomic E-state index is -0.130. The molecule has 5 nitrogen and oxygen atoms in total. The second kappa shape index (κ2) is 8.24. The van der Waals surface area contributed by atoms with Crippen molar-refractivity contribution in [3.05, 3.63) is 59.5 Å². The van der Waals surface area contributed by atoms with Crippen molar-refractivity contribution in [1.82, 2.24) is 10.2 Å². The van der Waals surface area contributed by atoms with Crippen molar-refractivity contribution >= 4 is 6.03 Å². The number of urea groups is 1. The molecule has 0 fully saturated rings. The normalized spacial score (nSPS) is 10.5. The summed E-state index contributed by atoms with van der Waals surface area (Å²) in [7, 11) is 1.62. The average Bonchev–Trinajstić information content (AvgIpc) is 2.95. The van der Waals surface area contributed by atoms with Gasteiger partial charge in [-0.05, 0) is 24.6 Å². The molecule has 0 aliphatic heterocycles. The summed E-state index contributed by atoms with van der Waals surface area (Å²) in [5, 5.41) is 2.92. The first-order valence-corrected chi connectivity index (χ1v) is 7.30. The molecule has 0 saturated heterocycles. The van der Waals surface area contributed by atoms with Crippen molar-refractivity contribution in [2.45, 2.75) is 20.0 Å². The van der Waals surface area contributed by atoms with Gasteiger partial charge < -0.3 is 19.4 Å². The SMILES string of the molecule is COCCN(Cc1ccc(C)o1)C(=O)NCc1ccccc1. The van der Waals surface area contributed by atoms with Crippen molar-refractivity contribution in [1.29, 1.82) is 0 Å². The monoisotopic (exact) mass is 302 g/mol. The van der Waals surface area contributed by atoms with E-state index >= 15 is 0 Å². The van der Waals surface area contributed by atoms with Gasteiger partial charge in [-0.2, -0.15) is 0 Å². The zero-order chi connectivity index (χ0) is 15.8. The Bertz CT molecular complexity index is 581. The van der Waals surface area contributed by atoms with Crippen molar-refractivity contribution in [2.75, 3.05) is 20.3 Å². The number of amides is 2. The predicted molar refractivity (Wildman–Crippen MR) is 84.4 cm³/mol. The molecule has 5 heteroatoms. The fourth-order valence-corrected chi connectivity index (χ4v) is 2.10. The molecule has 118 valence electrons. The minimum Gasteiger partial charge on any atom is -0.464 e. The number of carbonyl (C=O) groups excluding carboxylic acids is 1. The molecule has 0 aliphatic carbocycles. The van der Waals surface area contributed by atoms with E-state index in [9.17, 15) is 4.79 Å². The van der Waals surface area contributed by atoms with Gasteiger partial charge in [0, 0.05) is 20.2 Å². The predicted octanol–water partition coefficient (Wildman–Crippen LogP) is 2.95. The number of hydrogen-bond acceptors (Lipinski definition) is 3. The smallest absolute Gasteiger partial charge is 0.318 e. The number of furan rings is 1. The Morgan fingerprint density at radius 2 is 2.00 bits per heavy atom. The maximum atomic E-state index is 12.4. The quantitative estimate of drug-likeness (QED) is 0.855. The highest BCUT2D eigenvalue weighted by molar-refractivity contribution is 5.74. The molecule has 2 amide bonds. The lowest BCUT2D eigenvalue weighted by Crippen LogP contribution is -2.40. The first-order chi connectivity index (χ1) is 10.7. The highest BCUT2D eigenvalue weighted by Gasteiger charge is 2.15. The number of aryl methyl sites for hydroxylation is 1. The number of nitrogens with zero attached hydrogens (tertiary/aromatic N) is 1. The molecule has 1 aromatic carbocycles. The maximum absolute atomic E-state index is 12.4. The van der Waals surface area contributed by atoms with Crippen molar-refractivity contribution in [3.8, 4) is 0 Å². The Hall–Kier alpha value is -2.27. The fourth-order valence-electron chi connectivity index (χ4n) is 2.10. The summed E-state index contributed by atoms with van der Waals surface area (Å²) in [6, 6.07) is 13.5. The van der Waals surface area contributed by atoms with Crippen molar-refractivity contribution in [3.63, 3.8) is 0 Å². The molecule has 2 aromatic rings. The number of hydrogen-bond donors (Lipinski definition) is 1. The molecule has 1 aromatic heterocycles. The van der Waals surface area contributed by atoms with Gasteiger partial charge in [-0.3, -0.25) is 0 Å². The molecule has 0 bridgehead atoms. The van der Waals surface area contributed by atoms with Crippen LogP contribution in [0.5, 0.6) is 0 Å². The van der Waals surface area contributed by atoms with E-state index in [1.807, 2.05) is 49.4 Å². The number of benzene rings is 1. The summed E-state index contributed by atoms with van der Waals surface area (Å²) >= 11 is 0. The third-order valence-corrected chi connectivity index (χ3v) is 3.28. The third-order valence-electron chi connectivity index (χ3n) is 3.28. The Kier molecular flexibility index (Phi) is 6.03. The van der Waals surface area contributed by atoms with Crippen LogP contribution in [0.15, 0.2) is 46.9 Å². The average molecular weight is 302 g/mol. The number of nitrogens with one attached hydrogen (secondary N) is 1. The minimum absolute atomic E-state index is 0.130. The fraction of sp³-hybridized carbons (Fsp3) is 0.353. The first-order valence-electron chi connectivity index (χ1n) is 7.30. The van der Waals surface area contributed by atoms with Crippen molar-refractivity contribution in [2.24, 2.45) is 0 Å². The molecule has 1 N–H and O–H groups in total. The number of carbonyl (C=O) groups is 1. The molecule has 22 heavy (non-hydrogen) atoms. The summed E-state index contributed by atoms with van der Waals surface area (Å²) < 4.78 is 10.6. The Balaban J connectivity index is 1.93. The second-order valence-corrected chi connectivity index (χ2v) is 5.07. The highest BCUT2D eigenvalue weighted by atomic mass is 16.5. The van der Waals surface area contributed by atoms with Gasteiger partial charge in [-0.15, -0.1) is 0 Å². The van der Waals surface area contributed by atoms with Crippen molar-refractivity contribution < 1.29 is 13.9 Å². The van der Waals surface area contributed by atoms with Crippen LogP contribution in [0.4, 0.5) is 4.79 Å². The van der Waals surface area contributed by atoms with Crippen LogP contribution in [0.25, 0.3) is 0 Å². The Morgan fingerprint density at radius 1 is 1.23 bits per heavy atom. The molecule has 0 radical (unpaired) electrons. The Labute approximate surface area is 130 Å². The van der Waals surface area contributed by atoms with Gasteiger partial charge >= 0.3 is 6.03 Å². The second-order valence-electron chi connectivity index (χ2n) is 5.07. The van der Waals surface area contributed by atoms with Crippen LogP contribution in [-0.4, -0.2) is 31.2 Å². The molecule has 0 aliphatic rings. The number of ether oxygens (including phenoxy) is 1. The van der Waals surface area contributed by atoms with E-state index < -0.39 is 0 Å². The van der Waals surface area contributed by atoms with Crippen LogP contribution in [0.2, 0.25) is 0 Å². The van der Waals surface area contributed by atoms with Gasteiger partial charge in [0.15, 0.2) is 0 Å². The van der Waals surface area contributed by atoms with Crippen LogP contribution < -0.4 is 5.32 Å². The number of methoxy groups -OCH3 is 1. The highest BCUT2D eigenvalue weighted by Crippen LogP contribution is 2.10. The third kappa shape index (κ3) is 4.93. The van der Waals surface area contributed by atoms with Crippen LogP contribution >= 0.6 is 0 Å². The molecular weight excluding hydrogens is 280 g/mol. The summed E-state index contributed by atoms with van der Waals surface area (Å²) in [5.41, 5.74) is 1.07. The van der Waals surface area contributed by atoms with E-state index in [1.54, 1.807) is 12.0 Å².